The van der Waals surface area contributed by atoms with E-state index in [-0.39, 0.29) is 5.78 Å². The Balaban J connectivity index is 2.42. The van der Waals surface area contributed by atoms with Crippen LogP contribution in [0.5, 0.6) is 5.88 Å². The number of alkyl halides is 3. The number of carbonyl (C=O) groups excluding carboxylic acids is 1. The second-order valence-electron chi connectivity index (χ2n) is 4.79. The number of nitrogens with zero attached hydrogens (tertiary/aromatic N) is 1. The van der Waals surface area contributed by atoms with Crippen LogP contribution in [0.1, 0.15) is 29.5 Å². The molecular formula is C16H14F3NO2. The molecule has 0 spiro atoms. The lowest BCUT2D eigenvalue weighted by molar-refractivity contribution is -0.137. The van der Waals surface area contributed by atoms with Crippen molar-refractivity contribution in [2.24, 2.45) is 0 Å². The number of benzene rings is 1. The van der Waals surface area contributed by atoms with Gasteiger partial charge in [0.15, 0.2) is 0 Å². The molecule has 0 bridgehead atoms. The monoisotopic (exact) mass is 309 g/mol. The highest BCUT2D eigenvalue weighted by molar-refractivity contribution is 5.87. The van der Waals surface area contributed by atoms with Gasteiger partial charge in [-0.1, -0.05) is 12.1 Å². The number of ether oxygens (including phenoxy) is 1. The molecule has 0 aliphatic rings. The standard InChI is InChI=1S/C16H14F3NO2/c1-10(21)15(12-7-8-20-14(9-12)22-2)11-3-5-13(6-4-11)16(17,18)19/h3-9,15H,1-2H3. The average molecular weight is 309 g/mol. The molecule has 1 aromatic heterocycles. The fourth-order valence-electron chi connectivity index (χ4n) is 2.24. The van der Waals surface area contributed by atoms with Crippen LogP contribution in [0.25, 0.3) is 0 Å². The molecule has 6 heteroatoms. The Morgan fingerprint density at radius 1 is 1.14 bits per heavy atom. The van der Waals surface area contributed by atoms with Gasteiger partial charge in [-0.25, -0.2) is 4.98 Å². The Morgan fingerprint density at radius 3 is 2.27 bits per heavy atom. The Bertz CT molecular complexity index is 666. The molecule has 1 aromatic carbocycles. The summed E-state index contributed by atoms with van der Waals surface area (Å²) in [6.07, 6.45) is -2.90. The van der Waals surface area contributed by atoms with Crippen molar-refractivity contribution in [3.8, 4) is 5.88 Å². The first-order valence-electron chi connectivity index (χ1n) is 6.50. The molecule has 116 valence electrons. The van der Waals surface area contributed by atoms with Crippen LogP contribution in [0.4, 0.5) is 13.2 Å². The fourth-order valence-corrected chi connectivity index (χ4v) is 2.24. The van der Waals surface area contributed by atoms with Gasteiger partial charge >= 0.3 is 6.18 Å². The first-order valence-corrected chi connectivity index (χ1v) is 6.50. The minimum Gasteiger partial charge on any atom is -0.481 e. The van der Waals surface area contributed by atoms with Gasteiger partial charge in [0.1, 0.15) is 5.78 Å². The Labute approximate surface area is 125 Å². The highest BCUT2D eigenvalue weighted by Gasteiger charge is 2.30. The number of hydrogen-bond acceptors (Lipinski definition) is 3. The van der Waals surface area contributed by atoms with Crippen molar-refractivity contribution in [1.82, 2.24) is 4.98 Å². The van der Waals surface area contributed by atoms with E-state index in [1.54, 1.807) is 12.1 Å². The molecule has 1 unspecified atom stereocenters. The van der Waals surface area contributed by atoms with E-state index in [0.717, 1.165) is 12.1 Å². The molecule has 0 fully saturated rings. The van der Waals surface area contributed by atoms with Crippen molar-refractivity contribution >= 4 is 5.78 Å². The van der Waals surface area contributed by atoms with E-state index < -0.39 is 17.7 Å². The minimum absolute atomic E-state index is 0.173. The van der Waals surface area contributed by atoms with Crippen LogP contribution >= 0.6 is 0 Å². The predicted molar refractivity (Wildman–Crippen MR) is 74.8 cm³/mol. The van der Waals surface area contributed by atoms with Crippen LogP contribution in [-0.4, -0.2) is 17.9 Å². The van der Waals surface area contributed by atoms with Gasteiger partial charge < -0.3 is 4.74 Å². The summed E-state index contributed by atoms with van der Waals surface area (Å²) in [6, 6.07) is 7.84. The van der Waals surface area contributed by atoms with E-state index in [2.05, 4.69) is 4.98 Å². The zero-order chi connectivity index (χ0) is 16.3. The van der Waals surface area contributed by atoms with Crippen molar-refractivity contribution in [2.75, 3.05) is 7.11 Å². The van der Waals surface area contributed by atoms with Crippen molar-refractivity contribution < 1.29 is 22.7 Å². The summed E-state index contributed by atoms with van der Waals surface area (Å²) in [7, 11) is 1.45. The Hall–Kier alpha value is -2.37. The fraction of sp³-hybridized carbons (Fsp3) is 0.250. The summed E-state index contributed by atoms with van der Waals surface area (Å²) >= 11 is 0. The molecule has 0 aliphatic heterocycles. The van der Waals surface area contributed by atoms with Gasteiger partial charge in [0.05, 0.1) is 18.6 Å². The molecule has 0 saturated carbocycles. The van der Waals surface area contributed by atoms with Gasteiger partial charge in [0.25, 0.3) is 0 Å². The summed E-state index contributed by atoms with van der Waals surface area (Å²) in [5, 5.41) is 0. The van der Waals surface area contributed by atoms with Crippen LogP contribution in [0, 0.1) is 0 Å². The summed E-state index contributed by atoms with van der Waals surface area (Å²) in [5.74, 6) is -0.483. The Kier molecular flexibility index (Phi) is 4.49. The predicted octanol–water partition coefficient (Wildman–Crippen LogP) is 3.83. The van der Waals surface area contributed by atoms with Crippen LogP contribution in [0.2, 0.25) is 0 Å². The van der Waals surface area contributed by atoms with E-state index >= 15 is 0 Å². The molecule has 2 aromatic rings. The number of aromatic nitrogens is 1. The number of hydrogen-bond donors (Lipinski definition) is 0. The minimum atomic E-state index is -4.40. The maximum absolute atomic E-state index is 12.6. The first-order chi connectivity index (χ1) is 10.3. The van der Waals surface area contributed by atoms with Crippen LogP contribution in [0.15, 0.2) is 42.6 Å². The summed E-state index contributed by atoms with van der Waals surface area (Å²) in [5.41, 5.74) is 0.374. The largest absolute Gasteiger partial charge is 0.481 e. The maximum atomic E-state index is 12.6. The molecule has 0 N–H and O–H groups in total. The van der Waals surface area contributed by atoms with Crippen LogP contribution in [-0.2, 0) is 11.0 Å². The van der Waals surface area contributed by atoms with E-state index in [4.69, 9.17) is 4.74 Å². The molecule has 2 rings (SSSR count). The number of methoxy groups -OCH3 is 1. The third-order valence-corrected chi connectivity index (χ3v) is 3.28. The van der Waals surface area contributed by atoms with E-state index in [1.807, 2.05) is 0 Å². The smallest absolute Gasteiger partial charge is 0.416 e. The van der Waals surface area contributed by atoms with Gasteiger partial charge in [0.2, 0.25) is 5.88 Å². The lowest BCUT2D eigenvalue weighted by Crippen LogP contribution is -2.12. The number of halogens is 3. The second kappa shape index (κ2) is 6.17. The zero-order valence-corrected chi connectivity index (χ0v) is 12.0. The van der Waals surface area contributed by atoms with Gasteiger partial charge in [-0.05, 0) is 36.2 Å². The number of Topliss-reactive ketones (excluding diaryl/α,β-unsaturated/α-hetero) is 1. The van der Waals surface area contributed by atoms with Crippen molar-refractivity contribution in [2.45, 2.75) is 19.0 Å². The molecule has 3 nitrogen and oxygen atoms in total. The van der Waals surface area contributed by atoms with Crippen molar-refractivity contribution in [3.63, 3.8) is 0 Å². The molecule has 1 heterocycles. The van der Waals surface area contributed by atoms with Gasteiger partial charge in [0, 0.05) is 12.3 Å². The number of pyridine rings is 1. The maximum Gasteiger partial charge on any atom is 0.416 e. The summed E-state index contributed by atoms with van der Waals surface area (Å²) in [6.45, 7) is 1.40. The highest BCUT2D eigenvalue weighted by atomic mass is 19.4. The third-order valence-electron chi connectivity index (χ3n) is 3.28. The lowest BCUT2D eigenvalue weighted by atomic mass is 9.88. The molecule has 22 heavy (non-hydrogen) atoms. The number of rotatable bonds is 4. The SMILES string of the molecule is COc1cc(C(C(C)=O)c2ccc(C(F)(F)F)cc2)ccn1. The first kappa shape index (κ1) is 16.0. The highest BCUT2D eigenvalue weighted by Crippen LogP contribution is 2.32. The summed E-state index contributed by atoms with van der Waals surface area (Å²) < 4.78 is 42.8. The second-order valence-corrected chi connectivity index (χ2v) is 4.79. The quantitative estimate of drug-likeness (QED) is 0.861. The van der Waals surface area contributed by atoms with E-state index in [1.165, 1.54) is 32.4 Å². The van der Waals surface area contributed by atoms with Crippen LogP contribution in [0.3, 0.4) is 0 Å². The van der Waals surface area contributed by atoms with Crippen molar-refractivity contribution in [3.05, 3.63) is 59.3 Å². The molecule has 1 atom stereocenters. The van der Waals surface area contributed by atoms with Crippen LogP contribution < -0.4 is 4.74 Å². The third kappa shape index (κ3) is 3.44. The lowest BCUT2D eigenvalue weighted by Gasteiger charge is -2.16. The zero-order valence-electron chi connectivity index (χ0n) is 12.0. The number of ketones is 1. The van der Waals surface area contributed by atoms with Gasteiger partial charge in [-0.2, -0.15) is 13.2 Å². The van der Waals surface area contributed by atoms with Gasteiger partial charge in [-0.3, -0.25) is 4.79 Å². The van der Waals surface area contributed by atoms with Crippen molar-refractivity contribution in [1.29, 1.82) is 0 Å². The number of carbonyl (C=O) groups is 1. The molecule has 0 aliphatic carbocycles. The van der Waals surface area contributed by atoms with E-state index in [9.17, 15) is 18.0 Å². The molecule has 0 radical (unpaired) electrons. The molecule has 0 amide bonds. The summed E-state index contributed by atoms with van der Waals surface area (Å²) in [4.78, 5) is 15.9. The normalized spacial score (nSPS) is 12.8. The topological polar surface area (TPSA) is 39.2 Å². The molecule has 0 saturated heterocycles. The van der Waals surface area contributed by atoms with E-state index in [0.29, 0.717) is 17.0 Å². The molecular weight excluding hydrogens is 295 g/mol. The van der Waals surface area contributed by atoms with Gasteiger partial charge in [-0.15, -0.1) is 0 Å². The Morgan fingerprint density at radius 2 is 1.77 bits per heavy atom. The average Bonchev–Trinajstić information content (AvgIpc) is 2.47.